The van der Waals surface area contributed by atoms with Gasteiger partial charge in [0.1, 0.15) is 11.3 Å². The largest absolute Gasteiger partial charge is 0.476 e. The topological polar surface area (TPSA) is 81.7 Å². The fourth-order valence-electron chi connectivity index (χ4n) is 3.51. The van der Waals surface area contributed by atoms with Crippen molar-refractivity contribution in [2.45, 2.75) is 39.7 Å². The molecule has 1 N–H and O–H groups in total. The minimum atomic E-state index is -0.371. The molecular formula is C27H27NO5. The highest BCUT2D eigenvalue weighted by Gasteiger charge is 2.20. The molecular weight excluding hydrogens is 418 g/mol. The average Bonchev–Trinajstić information content (AvgIpc) is 3.30. The van der Waals surface area contributed by atoms with Crippen LogP contribution < -0.4 is 15.5 Å². The number of rotatable bonds is 6. The Bertz CT molecular complexity index is 1330. The van der Waals surface area contributed by atoms with Crippen molar-refractivity contribution in [1.82, 2.24) is 5.32 Å². The molecule has 170 valence electrons. The minimum absolute atomic E-state index is 0.00866. The summed E-state index contributed by atoms with van der Waals surface area (Å²) in [5.41, 5.74) is 2.99. The molecule has 0 aliphatic carbocycles. The number of carbonyl (C=O) groups excluding carboxylic acids is 1. The van der Waals surface area contributed by atoms with Crippen molar-refractivity contribution in [2.75, 3.05) is 6.61 Å². The number of nitrogens with one attached hydrogen (secondary N) is 1. The van der Waals surface area contributed by atoms with Crippen molar-refractivity contribution >= 4 is 16.9 Å². The fourth-order valence-corrected chi connectivity index (χ4v) is 3.51. The number of hydrogen-bond donors (Lipinski definition) is 1. The van der Waals surface area contributed by atoms with E-state index in [9.17, 15) is 9.59 Å². The normalized spacial score (nSPS) is 11.5. The van der Waals surface area contributed by atoms with Crippen molar-refractivity contribution in [1.29, 1.82) is 0 Å². The van der Waals surface area contributed by atoms with Gasteiger partial charge in [0.2, 0.25) is 11.2 Å². The summed E-state index contributed by atoms with van der Waals surface area (Å²) in [6, 6.07) is 16.7. The maximum atomic E-state index is 13.3. The number of benzene rings is 2. The summed E-state index contributed by atoms with van der Waals surface area (Å²) in [6.45, 7) is 8.26. The Morgan fingerprint density at radius 2 is 1.82 bits per heavy atom. The van der Waals surface area contributed by atoms with Gasteiger partial charge in [-0.05, 0) is 47.7 Å². The highest BCUT2D eigenvalue weighted by Crippen LogP contribution is 2.33. The molecule has 4 rings (SSSR count). The van der Waals surface area contributed by atoms with Crippen molar-refractivity contribution < 1.29 is 18.4 Å². The zero-order chi connectivity index (χ0) is 23.6. The second-order valence-electron chi connectivity index (χ2n) is 9.06. The van der Waals surface area contributed by atoms with Crippen LogP contribution in [-0.2, 0) is 16.8 Å². The van der Waals surface area contributed by atoms with Crippen LogP contribution in [-0.4, -0.2) is 12.5 Å². The first-order valence-corrected chi connectivity index (χ1v) is 10.8. The van der Waals surface area contributed by atoms with Crippen molar-refractivity contribution in [3.8, 4) is 17.1 Å². The first-order valence-electron chi connectivity index (χ1n) is 10.8. The van der Waals surface area contributed by atoms with E-state index in [0.29, 0.717) is 28.1 Å². The molecule has 33 heavy (non-hydrogen) atoms. The number of aryl methyl sites for hydroxylation is 1. The average molecular weight is 446 g/mol. The molecule has 0 aliphatic rings. The number of fused-ring (bicyclic) bond motifs is 1. The Hall–Kier alpha value is -3.80. The molecule has 4 aromatic rings. The number of ether oxygens (including phenoxy) is 1. The van der Waals surface area contributed by atoms with Crippen LogP contribution in [0.1, 0.15) is 37.7 Å². The van der Waals surface area contributed by atoms with Gasteiger partial charge in [-0.3, -0.25) is 9.59 Å². The first-order chi connectivity index (χ1) is 15.7. The third kappa shape index (κ3) is 5.00. The van der Waals surface area contributed by atoms with Gasteiger partial charge in [-0.2, -0.15) is 0 Å². The molecule has 2 heterocycles. The Balaban J connectivity index is 1.67. The molecule has 0 saturated carbocycles. The van der Waals surface area contributed by atoms with Crippen LogP contribution in [0.3, 0.4) is 0 Å². The molecule has 0 spiro atoms. The summed E-state index contributed by atoms with van der Waals surface area (Å²) in [6.07, 6.45) is 1.54. The van der Waals surface area contributed by atoms with Crippen LogP contribution in [0.5, 0.6) is 5.75 Å². The third-order valence-corrected chi connectivity index (χ3v) is 5.41. The summed E-state index contributed by atoms with van der Waals surface area (Å²) >= 11 is 0. The van der Waals surface area contributed by atoms with Crippen molar-refractivity contribution in [2.24, 2.45) is 0 Å². The van der Waals surface area contributed by atoms with Crippen LogP contribution >= 0.6 is 0 Å². The quantitative estimate of drug-likeness (QED) is 0.432. The van der Waals surface area contributed by atoms with E-state index in [0.717, 1.165) is 11.1 Å². The van der Waals surface area contributed by atoms with Gasteiger partial charge in [0, 0.05) is 5.56 Å². The monoisotopic (exact) mass is 445 g/mol. The Morgan fingerprint density at radius 1 is 1.06 bits per heavy atom. The lowest BCUT2D eigenvalue weighted by molar-refractivity contribution is -0.123. The molecule has 2 aromatic heterocycles. The number of carbonyl (C=O) groups is 1. The van der Waals surface area contributed by atoms with Crippen LogP contribution in [0.15, 0.2) is 74.5 Å². The standard InChI is InChI=1S/C27H27NO5/c1-17-7-12-21-22(14-17)33-25(18-8-10-19(11-9-18)27(2,3)4)26(24(21)30)32-16-23(29)28-15-20-6-5-13-31-20/h5-14H,15-16H2,1-4H3,(H,28,29). The third-order valence-electron chi connectivity index (χ3n) is 5.41. The van der Waals surface area contributed by atoms with Crippen LogP contribution in [0.25, 0.3) is 22.3 Å². The highest BCUT2D eigenvalue weighted by molar-refractivity contribution is 5.83. The molecule has 0 saturated heterocycles. The van der Waals surface area contributed by atoms with Gasteiger partial charge in [0.15, 0.2) is 12.4 Å². The number of furan rings is 1. The molecule has 6 heteroatoms. The van der Waals surface area contributed by atoms with Gasteiger partial charge in [-0.25, -0.2) is 0 Å². The lowest BCUT2D eigenvalue weighted by Crippen LogP contribution is -2.29. The predicted molar refractivity (Wildman–Crippen MR) is 127 cm³/mol. The van der Waals surface area contributed by atoms with E-state index >= 15 is 0 Å². The van der Waals surface area contributed by atoms with Crippen LogP contribution in [0.4, 0.5) is 0 Å². The minimum Gasteiger partial charge on any atom is -0.476 e. The SMILES string of the molecule is Cc1ccc2c(=O)c(OCC(=O)NCc3ccco3)c(-c3ccc(C(C)(C)C)cc3)oc2c1. The summed E-state index contributed by atoms with van der Waals surface area (Å²) < 4.78 is 17.1. The van der Waals surface area contributed by atoms with Gasteiger partial charge in [0.05, 0.1) is 18.2 Å². The van der Waals surface area contributed by atoms with E-state index in [1.807, 2.05) is 43.3 Å². The molecule has 0 radical (unpaired) electrons. The molecule has 6 nitrogen and oxygen atoms in total. The molecule has 0 unspecified atom stereocenters. The molecule has 0 fully saturated rings. The molecule has 1 amide bonds. The van der Waals surface area contributed by atoms with Gasteiger partial charge in [0.25, 0.3) is 5.91 Å². The summed E-state index contributed by atoms with van der Waals surface area (Å²) in [7, 11) is 0. The highest BCUT2D eigenvalue weighted by atomic mass is 16.5. The first kappa shape index (κ1) is 22.4. The number of amides is 1. The van der Waals surface area contributed by atoms with Crippen LogP contribution in [0.2, 0.25) is 0 Å². The Labute approximate surface area is 192 Å². The van der Waals surface area contributed by atoms with Crippen molar-refractivity contribution in [3.05, 3.63) is 88.0 Å². The van der Waals surface area contributed by atoms with E-state index in [1.54, 1.807) is 18.2 Å². The zero-order valence-electron chi connectivity index (χ0n) is 19.2. The molecule has 0 atom stereocenters. The molecule has 0 aliphatic heterocycles. The van der Waals surface area contributed by atoms with E-state index in [-0.39, 0.29) is 35.7 Å². The van der Waals surface area contributed by atoms with Gasteiger partial charge in [-0.1, -0.05) is 51.1 Å². The Morgan fingerprint density at radius 3 is 2.48 bits per heavy atom. The molecule has 0 bridgehead atoms. The summed E-state index contributed by atoms with van der Waals surface area (Å²) in [5, 5.41) is 3.12. The smallest absolute Gasteiger partial charge is 0.258 e. The van der Waals surface area contributed by atoms with E-state index in [1.165, 1.54) is 6.26 Å². The Kier molecular flexibility index (Phi) is 6.09. The fraction of sp³-hybridized carbons (Fsp3) is 0.259. The van der Waals surface area contributed by atoms with E-state index in [2.05, 4.69) is 26.1 Å². The summed E-state index contributed by atoms with van der Waals surface area (Å²) in [5.74, 6) is 0.577. The van der Waals surface area contributed by atoms with Gasteiger partial charge >= 0.3 is 0 Å². The van der Waals surface area contributed by atoms with Gasteiger partial charge in [-0.15, -0.1) is 0 Å². The second-order valence-corrected chi connectivity index (χ2v) is 9.06. The zero-order valence-corrected chi connectivity index (χ0v) is 19.2. The maximum absolute atomic E-state index is 13.3. The number of hydrogen-bond acceptors (Lipinski definition) is 5. The van der Waals surface area contributed by atoms with E-state index < -0.39 is 0 Å². The maximum Gasteiger partial charge on any atom is 0.258 e. The lowest BCUT2D eigenvalue weighted by atomic mass is 9.86. The van der Waals surface area contributed by atoms with Gasteiger partial charge < -0.3 is 18.9 Å². The predicted octanol–water partition coefficient (Wildman–Crippen LogP) is 5.35. The van der Waals surface area contributed by atoms with E-state index in [4.69, 9.17) is 13.6 Å². The lowest BCUT2D eigenvalue weighted by Gasteiger charge is -2.19. The van der Waals surface area contributed by atoms with Crippen LogP contribution in [0, 0.1) is 6.92 Å². The summed E-state index contributed by atoms with van der Waals surface area (Å²) in [4.78, 5) is 25.6. The van der Waals surface area contributed by atoms with Crippen molar-refractivity contribution in [3.63, 3.8) is 0 Å². The second kappa shape index (κ2) is 8.98. The molecule has 2 aromatic carbocycles.